The zero-order valence-electron chi connectivity index (χ0n) is 13.6. The summed E-state index contributed by atoms with van der Waals surface area (Å²) in [5.74, 6) is 1.58. The van der Waals surface area contributed by atoms with Gasteiger partial charge in [-0.15, -0.1) is 0 Å². The molecule has 0 spiro atoms. The van der Waals surface area contributed by atoms with Crippen LogP contribution in [0.2, 0.25) is 0 Å². The molecule has 0 heterocycles. The summed E-state index contributed by atoms with van der Waals surface area (Å²) in [6.07, 6.45) is 5.04. The molecule has 0 aromatic carbocycles. The third kappa shape index (κ3) is 5.71. The maximum atomic E-state index is 6.09. The number of likely N-dealkylation sites (N-methyl/N-ethyl adjacent to an activating group) is 1. The van der Waals surface area contributed by atoms with Crippen LogP contribution in [0.25, 0.3) is 0 Å². The number of nitrogens with zero attached hydrogens (tertiary/aromatic N) is 1. The molecule has 0 aromatic heterocycles. The van der Waals surface area contributed by atoms with E-state index in [0.717, 1.165) is 24.9 Å². The summed E-state index contributed by atoms with van der Waals surface area (Å²) in [6, 6.07) is 0. The molecular weight excluding hydrogens is 220 g/mol. The first-order valence-corrected chi connectivity index (χ1v) is 7.88. The van der Waals surface area contributed by atoms with Crippen molar-refractivity contribution in [3.63, 3.8) is 0 Å². The fraction of sp³-hybridized carbons (Fsp3) is 1.00. The third-order valence-electron chi connectivity index (χ3n) is 4.48. The van der Waals surface area contributed by atoms with Crippen molar-refractivity contribution in [3.05, 3.63) is 0 Å². The standard InChI is InChI=1S/C16H36N2/c1-7-15(8-2)12-18(9-3)16(6,13-17)11-10-14(4)5/h14-15H,7-13,17H2,1-6H3. The Hall–Kier alpha value is -0.0800. The summed E-state index contributed by atoms with van der Waals surface area (Å²) in [7, 11) is 0. The van der Waals surface area contributed by atoms with Crippen LogP contribution in [0.15, 0.2) is 0 Å². The highest BCUT2D eigenvalue weighted by atomic mass is 15.2. The average molecular weight is 256 g/mol. The Labute approximate surface area is 115 Å². The second-order valence-electron chi connectivity index (χ2n) is 6.35. The normalized spacial score (nSPS) is 15.7. The van der Waals surface area contributed by atoms with Crippen LogP contribution in [0, 0.1) is 11.8 Å². The van der Waals surface area contributed by atoms with Gasteiger partial charge in [0.25, 0.3) is 0 Å². The fourth-order valence-corrected chi connectivity index (χ4v) is 2.58. The van der Waals surface area contributed by atoms with Gasteiger partial charge in [0.15, 0.2) is 0 Å². The van der Waals surface area contributed by atoms with E-state index in [1.807, 2.05) is 0 Å². The highest BCUT2D eigenvalue weighted by Gasteiger charge is 2.30. The number of hydrogen-bond donors (Lipinski definition) is 1. The summed E-state index contributed by atoms with van der Waals surface area (Å²) in [5.41, 5.74) is 6.27. The summed E-state index contributed by atoms with van der Waals surface area (Å²) < 4.78 is 0. The molecule has 0 saturated carbocycles. The zero-order chi connectivity index (χ0) is 14.2. The maximum Gasteiger partial charge on any atom is 0.0303 e. The Bertz CT molecular complexity index is 199. The van der Waals surface area contributed by atoms with Gasteiger partial charge in [-0.05, 0) is 38.1 Å². The lowest BCUT2D eigenvalue weighted by Gasteiger charge is -2.42. The molecule has 0 fully saturated rings. The topological polar surface area (TPSA) is 29.3 Å². The smallest absolute Gasteiger partial charge is 0.0303 e. The van der Waals surface area contributed by atoms with Crippen molar-refractivity contribution >= 4 is 0 Å². The summed E-state index contributed by atoms with van der Waals surface area (Å²) >= 11 is 0. The SMILES string of the molecule is CCC(CC)CN(CC)C(C)(CN)CCC(C)C. The van der Waals surface area contributed by atoms with Gasteiger partial charge in [0.1, 0.15) is 0 Å². The van der Waals surface area contributed by atoms with E-state index in [4.69, 9.17) is 5.73 Å². The van der Waals surface area contributed by atoms with Gasteiger partial charge < -0.3 is 5.73 Å². The van der Waals surface area contributed by atoms with Crippen LogP contribution in [0.1, 0.15) is 67.2 Å². The second-order valence-corrected chi connectivity index (χ2v) is 6.35. The van der Waals surface area contributed by atoms with Crippen molar-refractivity contribution in [3.8, 4) is 0 Å². The monoisotopic (exact) mass is 256 g/mol. The number of nitrogens with two attached hydrogens (primary N) is 1. The van der Waals surface area contributed by atoms with Crippen molar-refractivity contribution in [1.82, 2.24) is 4.90 Å². The van der Waals surface area contributed by atoms with Crippen LogP contribution in [0.3, 0.4) is 0 Å². The molecule has 1 atom stereocenters. The molecule has 0 aromatic rings. The number of hydrogen-bond acceptors (Lipinski definition) is 2. The predicted molar refractivity (Wildman–Crippen MR) is 82.9 cm³/mol. The first-order valence-electron chi connectivity index (χ1n) is 7.88. The number of rotatable bonds is 10. The molecule has 0 amide bonds. The minimum atomic E-state index is 0.182. The lowest BCUT2D eigenvalue weighted by Crippen LogP contribution is -2.53. The molecule has 2 nitrogen and oxygen atoms in total. The molecule has 110 valence electrons. The van der Waals surface area contributed by atoms with Crippen LogP contribution < -0.4 is 5.73 Å². The van der Waals surface area contributed by atoms with E-state index in [9.17, 15) is 0 Å². The molecule has 0 aliphatic heterocycles. The molecular formula is C16H36N2. The van der Waals surface area contributed by atoms with Crippen LogP contribution in [0.4, 0.5) is 0 Å². The largest absolute Gasteiger partial charge is 0.329 e. The van der Waals surface area contributed by atoms with Gasteiger partial charge in [0.2, 0.25) is 0 Å². The van der Waals surface area contributed by atoms with Crippen LogP contribution in [-0.2, 0) is 0 Å². The van der Waals surface area contributed by atoms with Gasteiger partial charge in [-0.25, -0.2) is 0 Å². The highest BCUT2D eigenvalue weighted by molar-refractivity contribution is 4.88. The summed E-state index contributed by atoms with van der Waals surface area (Å²) in [4.78, 5) is 2.62. The lowest BCUT2D eigenvalue weighted by atomic mass is 9.88. The van der Waals surface area contributed by atoms with E-state index < -0.39 is 0 Å². The Morgan fingerprint density at radius 2 is 1.67 bits per heavy atom. The van der Waals surface area contributed by atoms with E-state index in [1.165, 1.54) is 32.2 Å². The summed E-state index contributed by atoms with van der Waals surface area (Å²) in [5, 5.41) is 0. The fourth-order valence-electron chi connectivity index (χ4n) is 2.58. The first kappa shape index (κ1) is 17.9. The second kappa shape index (κ2) is 8.92. The molecule has 1 unspecified atom stereocenters. The predicted octanol–water partition coefficient (Wildman–Crippen LogP) is 3.90. The van der Waals surface area contributed by atoms with Gasteiger partial charge in [0.05, 0.1) is 0 Å². The minimum absolute atomic E-state index is 0.182. The molecule has 2 N–H and O–H groups in total. The van der Waals surface area contributed by atoms with E-state index in [2.05, 4.69) is 46.4 Å². The van der Waals surface area contributed by atoms with E-state index in [-0.39, 0.29) is 5.54 Å². The molecule has 0 aliphatic carbocycles. The third-order valence-corrected chi connectivity index (χ3v) is 4.48. The van der Waals surface area contributed by atoms with Crippen LogP contribution in [-0.4, -0.2) is 30.1 Å². The van der Waals surface area contributed by atoms with E-state index in [0.29, 0.717) is 0 Å². The van der Waals surface area contributed by atoms with Crippen LogP contribution in [0.5, 0.6) is 0 Å². The summed E-state index contributed by atoms with van der Waals surface area (Å²) in [6.45, 7) is 16.9. The van der Waals surface area contributed by atoms with Crippen molar-refractivity contribution < 1.29 is 0 Å². The Kier molecular flexibility index (Phi) is 8.89. The minimum Gasteiger partial charge on any atom is -0.329 e. The Morgan fingerprint density at radius 1 is 1.11 bits per heavy atom. The Morgan fingerprint density at radius 3 is 2.00 bits per heavy atom. The lowest BCUT2D eigenvalue weighted by molar-refractivity contribution is 0.0811. The molecule has 18 heavy (non-hydrogen) atoms. The van der Waals surface area contributed by atoms with Crippen LogP contribution >= 0.6 is 0 Å². The maximum absolute atomic E-state index is 6.09. The molecule has 2 heteroatoms. The van der Waals surface area contributed by atoms with Crippen molar-refractivity contribution in [2.75, 3.05) is 19.6 Å². The van der Waals surface area contributed by atoms with Gasteiger partial charge in [-0.2, -0.15) is 0 Å². The Balaban J connectivity index is 4.62. The quantitative estimate of drug-likeness (QED) is 0.642. The van der Waals surface area contributed by atoms with Crippen molar-refractivity contribution in [1.29, 1.82) is 0 Å². The van der Waals surface area contributed by atoms with Gasteiger partial charge in [-0.1, -0.05) is 47.5 Å². The van der Waals surface area contributed by atoms with Crippen molar-refractivity contribution in [2.24, 2.45) is 17.6 Å². The molecule has 0 bridgehead atoms. The molecule has 0 radical (unpaired) electrons. The van der Waals surface area contributed by atoms with Gasteiger partial charge in [0, 0.05) is 18.6 Å². The van der Waals surface area contributed by atoms with Crippen molar-refractivity contribution in [2.45, 2.75) is 72.8 Å². The molecule has 0 saturated heterocycles. The van der Waals surface area contributed by atoms with Gasteiger partial charge >= 0.3 is 0 Å². The first-order chi connectivity index (χ1) is 8.43. The van der Waals surface area contributed by atoms with E-state index >= 15 is 0 Å². The van der Waals surface area contributed by atoms with E-state index in [1.54, 1.807) is 0 Å². The highest BCUT2D eigenvalue weighted by Crippen LogP contribution is 2.25. The molecule has 0 aliphatic rings. The molecule has 0 rings (SSSR count). The average Bonchev–Trinajstić information content (AvgIpc) is 2.37. The zero-order valence-corrected chi connectivity index (χ0v) is 13.6. The van der Waals surface area contributed by atoms with Gasteiger partial charge in [-0.3, -0.25) is 4.90 Å².